The van der Waals surface area contributed by atoms with Gasteiger partial charge >= 0.3 is 0 Å². The van der Waals surface area contributed by atoms with Crippen molar-refractivity contribution in [3.8, 4) is 22.7 Å². The first-order valence-electron chi connectivity index (χ1n) is 10.4. The van der Waals surface area contributed by atoms with Crippen molar-refractivity contribution in [3.63, 3.8) is 0 Å². The van der Waals surface area contributed by atoms with Gasteiger partial charge in [-0.1, -0.05) is 17.6 Å². The van der Waals surface area contributed by atoms with Crippen LogP contribution in [0.15, 0.2) is 53.6 Å². The maximum absolute atomic E-state index is 10.9. The van der Waals surface area contributed by atoms with Crippen molar-refractivity contribution >= 4 is 17.7 Å². The number of pyridine rings is 2. The molecule has 0 spiro atoms. The first kappa shape index (κ1) is 20.5. The second kappa shape index (κ2) is 8.26. The molecule has 0 aromatic carbocycles. The van der Waals surface area contributed by atoms with Gasteiger partial charge in [-0.25, -0.2) is 15.0 Å². The van der Waals surface area contributed by atoms with Crippen LogP contribution in [0.3, 0.4) is 0 Å². The van der Waals surface area contributed by atoms with E-state index < -0.39 is 5.91 Å². The first-order chi connectivity index (χ1) is 16.0. The highest BCUT2D eigenvalue weighted by Gasteiger charge is 2.44. The second-order valence-electron chi connectivity index (χ2n) is 7.87. The summed E-state index contributed by atoms with van der Waals surface area (Å²) in [6.45, 7) is 0.0117. The van der Waals surface area contributed by atoms with E-state index in [1.54, 1.807) is 30.7 Å². The van der Waals surface area contributed by atoms with E-state index >= 15 is 0 Å². The molecule has 11 nitrogen and oxygen atoms in total. The van der Waals surface area contributed by atoms with Gasteiger partial charge in [0.15, 0.2) is 5.82 Å². The van der Waals surface area contributed by atoms with Crippen LogP contribution in [0.2, 0.25) is 0 Å². The summed E-state index contributed by atoms with van der Waals surface area (Å²) in [5.41, 5.74) is 13.6. The number of amides is 1. The topological polar surface area (TPSA) is 172 Å². The number of primary amides is 1. The molecule has 1 saturated carbocycles. The lowest BCUT2D eigenvalue weighted by Gasteiger charge is -2.39. The van der Waals surface area contributed by atoms with E-state index in [1.165, 1.54) is 0 Å². The Bertz CT molecular complexity index is 1260. The second-order valence-corrected chi connectivity index (χ2v) is 7.87. The number of nitrogens with two attached hydrogens (primary N) is 2. The molecule has 5 rings (SSSR count). The van der Waals surface area contributed by atoms with Crippen molar-refractivity contribution in [1.82, 2.24) is 30.1 Å². The fraction of sp³-hybridized carbons (Fsp3) is 0.227. The fourth-order valence-corrected chi connectivity index (χ4v) is 3.83. The molecule has 1 aliphatic rings. The van der Waals surface area contributed by atoms with Crippen LogP contribution in [0.25, 0.3) is 22.7 Å². The molecule has 0 unspecified atom stereocenters. The summed E-state index contributed by atoms with van der Waals surface area (Å²) in [6, 6.07) is 7.50. The van der Waals surface area contributed by atoms with Gasteiger partial charge in [-0.2, -0.15) is 4.98 Å². The molecule has 0 saturated heterocycles. The van der Waals surface area contributed by atoms with Gasteiger partial charge in [0.25, 0.3) is 5.89 Å². The number of hydrogen-bond acceptors (Lipinski definition) is 10. The third-order valence-corrected chi connectivity index (χ3v) is 5.80. The van der Waals surface area contributed by atoms with Gasteiger partial charge < -0.3 is 21.3 Å². The lowest BCUT2D eigenvalue weighted by molar-refractivity contribution is -0.116. The quantitative estimate of drug-likeness (QED) is 0.383. The third-order valence-electron chi connectivity index (χ3n) is 5.80. The molecule has 1 fully saturated rings. The van der Waals surface area contributed by atoms with Gasteiger partial charge in [0.05, 0.1) is 23.2 Å². The number of nitrogens with zero attached hydrogens (tertiary/aromatic N) is 6. The molecule has 0 atom stereocenters. The number of rotatable bonds is 7. The fourth-order valence-electron chi connectivity index (χ4n) is 3.83. The molecule has 166 valence electrons. The van der Waals surface area contributed by atoms with Crippen molar-refractivity contribution < 1.29 is 9.32 Å². The number of nitrogen functional groups attached to an aromatic ring is 1. The van der Waals surface area contributed by atoms with Crippen molar-refractivity contribution in [2.75, 3.05) is 17.6 Å². The highest BCUT2D eigenvalue weighted by Crippen LogP contribution is 2.48. The van der Waals surface area contributed by atoms with E-state index in [-0.39, 0.29) is 17.9 Å². The monoisotopic (exact) mass is 443 g/mol. The van der Waals surface area contributed by atoms with E-state index in [4.69, 9.17) is 16.0 Å². The molecular weight excluding hydrogens is 422 g/mol. The molecular formula is C22H21N9O2. The minimum absolute atomic E-state index is 0.0117. The highest BCUT2D eigenvalue weighted by molar-refractivity contribution is 5.78. The summed E-state index contributed by atoms with van der Waals surface area (Å²) in [5.74, 6) is 1.31. The Labute approximate surface area is 188 Å². The van der Waals surface area contributed by atoms with Crippen molar-refractivity contribution in [1.29, 1.82) is 0 Å². The van der Waals surface area contributed by atoms with Crippen LogP contribution in [-0.2, 0) is 10.2 Å². The van der Waals surface area contributed by atoms with Gasteiger partial charge in [-0.15, -0.1) is 0 Å². The molecule has 1 amide bonds. The third kappa shape index (κ3) is 3.95. The Hall–Kier alpha value is -4.41. The standard InChI is InChI=1S/C22H21N9O2/c23-17(32)12-27-18-5-2-13(8-26-18)19-30-20(31-33-19)22(6-1-7-22)15-3-4-16(25-11-15)14-9-28-21(24)29-10-14/h2-5,8-11H,1,6-7,12H2,(H2,23,32)(H,26,27)(H2,24,28,29). The van der Waals surface area contributed by atoms with Crippen LogP contribution in [0.4, 0.5) is 11.8 Å². The van der Waals surface area contributed by atoms with E-state index in [9.17, 15) is 4.79 Å². The molecule has 1 aliphatic carbocycles. The summed E-state index contributed by atoms with van der Waals surface area (Å²) in [4.78, 5) is 32.5. The number of anilines is 2. The van der Waals surface area contributed by atoms with Crippen molar-refractivity contribution in [3.05, 3.63) is 60.4 Å². The van der Waals surface area contributed by atoms with Crippen molar-refractivity contribution in [2.24, 2.45) is 5.73 Å². The normalized spacial score (nSPS) is 14.4. The van der Waals surface area contributed by atoms with E-state index in [2.05, 4.69) is 35.4 Å². The number of aromatic nitrogens is 6. The molecule has 11 heteroatoms. The van der Waals surface area contributed by atoms with Gasteiger partial charge in [0.1, 0.15) is 5.82 Å². The number of carbonyl (C=O) groups excluding carboxylic acids is 1. The zero-order valence-electron chi connectivity index (χ0n) is 17.6. The molecule has 0 aliphatic heterocycles. The molecule has 0 radical (unpaired) electrons. The minimum Gasteiger partial charge on any atom is -0.368 e. The van der Waals surface area contributed by atoms with Crippen LogP contribution in [0, 0.1) is 0 Å². The van der Waals surface area contributed by atoms with Crippen LogP contribution >= 0.6 is 0 Å². The summed E-state index contributed by atoms with van der Waals surface area (Å²) in [6.07, 6.45) is 9.65. The van der Waals surface area contributed by atoms with Crippen molar-refractivity contribution in [2.45, 2.75) is 24.7 Å². The van der Waals surface area contributed by atoms with Crippen LogP contribution in [0.5, 0.6) is 0 Å². The molecule has 4 aromatic rings. The largest absolute Gasteiger partial charge is 0.368 e. The maximum Gasteiger partial charge on any atom is 0.259 e. The lowest BCUT2D eigenvalue weighted by atomic mass is 9.64. The van der Waals surface area contributed by atoms with Crippen LogP contribution in [0.1, 0.15) is 30.7 Å². The molecule has 33 heavy (non-hydrogen) atoms. The Kier molecular flexibility index (Phi) is 5.13. The average Bonchev–Trinajstić information content (AvgIpc) is 3.29. The zero-order chi connectivity index (χ0) is 22.8. The van der Waals surface area contributed by atoms with Gasteiger partial charge in [0, 0.05) is 30.4 Å². The Morgan fingerprint density at radius 1 is 1.00 bits per heavy atom. The van der Waals surface area contributed by atoms with E-state index in [0.29, 0.717) is 23.1 Å². The Balaban J connectivity index is 1.37. The highest BCUT2D eigenvalue weighted by atomic mass is 16.5. The smallest absolute Gasteiger partial charge is 0.259 e. The lowest BCUT2D eigenvalue weighted by Crippen LogP contribution is -2.36. The number of hydrogen-bond donors (Lipinski definition) is 3. The number of nitrogens with one attached hydrogen (secondary N) is 1. The molecule has 4 aromatic heterocycles. The summed E-state index contributed by atoms with van der Waals surface area (Å²) in [5, 5.41) is 7.12. The van der Waals surface area contributed by atoms with Gasteiger partial charge in [0.2, 0.25) is 11.9 Å². The molecule has 4 heterocycles. The summed E-state index contributed by atoms with van der Waals surface area (Å²) >= 11 is 0. The average molecular weight is 443 g/mol. The van der Waals surface area contributed by atoms with Gasteiger partial charge in [-0.3, -0.25) is 9.78 Å². The number of carbonyl (C=O) groups is 1. The summed E-state index contributed by atoms with van der Waals surface area (Å²) < 4.78 is 5.55. The minimum atomic E-state index is -0.461. The zero-order valence-corrected chi connectivity index (χ0v) is 17.6. The van der Waals surface area contributed by atoms with Crippen LogP contribution in [-0.4, -0.2) is 42.5 Å². The predicted octanol–water partition coefficient (Wildman–Crippen LogP) is 1.93. The molecule has 0 bridgehead atoms. The Morgan fingerprint density at radius 2 is 1.79 bits per heavy atom. The van der Waals surface area contributed by atoms with E-state index in [1.807, 2.05) is 18.3 Å². The van der Waals surface area contributed by atoms with Crippen LogP contribution < -0.4 is 16.8 Å². The first-order valence-corrected chi connectivity index (χ1v) is 10.4. The predicted molar refractivity (Wildman–Crippen MR) is 120 cm³/mol. The maximum atomic E-state index is 10.9. The van der Waals surface area contributed by atoms with E-state index in [0.717, 1.165) is 36.1 Å². The Morgan fingerprint density at radius 3 is 2.39 bits per heavy atom. The van der Waals surface area contributed by atoms with Gasteiger partial charge in [-0.05, 0) is 36.6 Å². The SMILES string of the molecule is NC(=O)CNc1ccc(-c2nc(C3(c4ccc(-c5cnc(N)nc5)nc4)CCC3)no2)cn1. The molecule has 5 N–H and O–H groups in total. The summed E-state index contributed by atoms with van der Waals surface area (Å²) in [7, 11) is 0.